The van der Waals surface area contributed by atoms with Crippen LogP contribution in [-0.4, -0.2) is 34.4 Å². The zero-order valence-electron chi connectivity index (χ0n) is 17.3. The summed E-state index contributed by atoms with van der Waals surface area (Å²) in [5, 5.41) is 7.60. The summed E-state index contributed by atoms with van der Waals surface area (Å²) in [6.07, 6.45) is 0.767. The number of benzene rings is 2. The number of hydrogen-bond donors (Lipinski definition) is 1. The molecule has 0 saturated heterocycles. The Morgan fingerprint density at radius 3 is 2.77 bits per heavy atom. The number of nitrogens with zero attached hydrogens (tertiary/aromatic N) is 3. The Morgan fingerprint density at radius 2 is 1.97 bits per heavy atom. The van der Waals surface area contributed by atoms with Gasteiger partial charge in [-0.3, -0.25) is 4.68 Å². The number of carbonyl (C=O) groups is 1. The minimum atomic E-state index is -0.131. The molecule has 156 valence electrons. The number of aromatic nitrogens is 2. The van der Waals surface area contributed by atoms with E-state index in [1.54, 1.807) is 13.2 Å². The van der Waals surface area contributed by atoms with E-state index in [2.05, 4.69) is 10.4 Å². The monoisotopic (exact) mass is 406 g/mol. The van der Waals surface area contributed by atoms with E-state index in [-0.39, 0.29) is 6.03 Å². The molecule has 7 heteroatoms. The maximum Gasteiger partial charge on any atom is 0.322 e. The van der Waals surface area contributed by atoms with E-state index in [1.165, 1.54) is 5.69 Å². The number of fused-ring (bicyclic) bond motifs is 1. The summed E-state index contributed by atoms with van der Waals surface area (Å²) < 4.78 is 13.0. The highest BCUT2D eigenvalue weighted by Crippen LogP contribution is 2.24. The minimum absolute atomic E-state index is 0.131. The van der Waals surface area contributed by atoms with Crippen LogP contribution in [0.3, 0.4) is 0 Å². The third kappa shape index (κ3) is 4.46. The Kier molecular flexibility index (Phi) is 5.99. The highest BCUT2D eigenvalue weighted by molar-refractivity contribution is 5.89. The Hall–Kier alpha value is -3.32. The van der Waals surface area contributed by atoms with Gasteiger partial charge in [0.15, 0.2) is 0 Å². The number of aryl methyl sites for hydroxylation is 1. The van der Waals surface area contributed by atoms with Gasteiger partial charge in [-0.25, -0.2) is 4.79 Å². The standard InChI is InChI=1S/C23H26N4O3/c1-26-22-11-12-27(23(28)24-18-9-6-10-19(13-18)29-2)14-20(22)21(25-26)16-30-15-17-7-4-3-5-8-17/h3-10,13H,11-12,14-16H2,1-2H3,(H,24,28). The maximum absolute atomic E-state index is 12.8. The smallest absolute Gasteiger partial charge is 0.322 e. The molecule has 0 unspecified atom stereocenters. The summed E-state index contributed by atoms with van der Waals surface area (Å²) in [5.74, 6) is 0.707. The Labute approximate surface area is 176 Å². The average molecular weight is 406 g/mol. The van der Waals surface area contributed by atoms with Crippen LogP contribution in [-0.2, 0) is 38.0 Å². The first-order valence-electron chi connectivity index (χ1n) is 9.99. The molecule has 1 aliphatic rings. The number of hydrogen-bond acceptors (Lipinski definition) is 4. The number of amides is 2. The van der Waals surface area contributed by atoms with Crippen LogP contribution in [0, 0.1) is 0 Å². The highest BCUT2D eigenvalue weighted by atomic mass is 16.5. The van der Waals surface area contributed by atoms with Gasteiger partial charge in [0.1, 0.15) is 5.75 Å². The molecular formula is C23H26N4O3. The summed E-state index contributed by atoms with van der Waals surface area (Å²) in [4.78, 5) is 14.6. The lowest BCUT2D eigenvalue weighted by Crippen LogP contribution is -2.39. The molecule has 3 aromatic rings. The summed E-state index contributed by atoms with van der Waals surface area (Å²) in [6, 6.07) is 17.3. The topological polar surface area (TPSA) is 68.6 Å². The lowest BCUT2D eigenvalue weighted by molar-refractivity contribution is 0.103. The minimum Gasteiger partial charge on any atom is -0.497 e. The lowest BCUT2D eigenvalue weighted by Gasteiger charge is -2.28. The summed E-state index contributed by atoms with van der Waals surface area (Å²) in [7, 11) is 3.56. The number of nitrogens with one attached hydrogen (secondary N) is 1. The van der Waals surface area contributed by atoms with Crippen molar-refractivity contribution >= 4 is 11.7 Å². The van der Waals surface area contributed by atoms with Crippen molar-refractivity contribution in [1.29, 1.82) is 0 Å². The SMILES string of the molecule is COc1cccc(NC(=O)N2CCc3c(c(COCc4ccccc4)nn3C)C2)c1. The molecule has 30 heavy (non-hydrogen) atoms. The third-order valence-electron chi connectivity index (χ3n) is 5.28. The zero-order chi connectivity index (χ0) is 20.9. The maximum atomic E-state index is 12.8. The zero-order valence-corrected chi connectivity index (χ0v) is 17.3. The van der Waals surface area contributed by atoms with Crippen molar-refractivity contribution in [1.82, 2.24) is 14.7 Å². The summed E-state index contributed by atoms with van der Waals surface area (Å²) in [6.45, 7) is 2.12. The van der Waals surface area contributed by atoms with Gasteiger partial charge in [0.25, 0.3) is 0 Å². The van der Waals surface area contributed by atoms with Crippen LogP contribution in [0.4, 0.5) is 10.5 Å². The van der Waals surface area contributed by atoms with Gasteiger partial charge in [0, 0.05) is 43.0 Å². The second-order valence-electron chi connectivity index (χ2n) is 7.31. The van der Waals surface area contributed by atoms with Crippen LogP contribution in [0.5, 0.6) is 5.75 Å². The molecule has 0 spiro atoms. The van der Waals surface area contributed by atoms with Crippen molar-refractivity contribution < 1.29 is 14.3 Å². The lowest BCUT2D eigenvalue weighted by atomic mass is 10.1. The number of rotatable bonds is 6. The predicted molar refractivity (Wildman–Crippen MR) is 114 cm³/mol. The molecule has 0 atom stereocenters. The van der Waals surface area contributed by atoms with Crippen molar-refractivity contribution in [3.63, 3.8) is 0 Å². The third-order valence-corrected chi connectivity index (χ3v) is 5.28. The van der Waals surface area contributed by atoms with Gasteiger partial charge in [-0.1, -0.05) is 36.4 Å². The van der Waals surface area contributed by atoms with E-state index in [1.807, 2.05) is 65.2 Å². The molecule has 0 fully saturated rings. The fourth-order valence-corrected chi connectivity index (χ4v) is 3.70. The van der Waals surface area contributed by atoms with Crippen LogP contribution in [0.2, 0.25) is 0 Å². The molecule has 1 aliphatic heterocycles. The highest BCUT2D eigenvalue weighted by Gasteiger charge is 2.26. The largest absolute Gasteiger partial charge is 0.497 e. The molecule has 0 radical (unpaired) electrons. The molecule has 1 N–H and O–H groups in total. The molecule has 2 aromatic carbocycles. The molecular weight excluding hydrogens is 380 g/mol. The van der Waals surface area contributed by atoms with Gasteiger partial charge in [-0.15, -0.1) is 0 Å². The normalized spacial score (nSPS) is 13.1. The molecule has 7 nitrogen and oxygen atoms in total. The number of urea groups is 1. The number of anilines is 1. The first-order valence-corrected chi connectivity index (χ1v) is 9.99. The molecule has 0 aliphatic carbocycles. The van der Waals surface area contributed by atoms with Gasteiger partial charge in [-0.2, -0.15) is 5.10 Å². The predicted octanol–water partition coefficient (Wildman–Crippen LogP) is 3.74. The van der Waals surface area contributed by atoms with Crippen LogP contribution in [0.1, 0.15) is 22.5 Å². The second kappa shape index (κ2) is 9.00. The molecule has 2 amide bonds. The van der Waals surface area contributed by atoms with Crippen LogP contribution in [0.25, 0.3) is 0 Å². The fourth-order valence-electron chi connectivity index (χ4n) is 3.70. The second-order valence-corrected chi connectivity index (χ2v) is 7.31. The Morgan fingerprint density at radius 1 is 1.13 bits per heavy atom. The van der Waals surface area contributed by atoms with Gasteiger partial charge in [-0.05, 0) is 17.7 Å². The van der Waals surface area contributed by atoms with Crippen LogP contribution >= 0.6 is 0 Å². The Balaban J connectivity index is 1.41. The van der Waals surface area contributed by atoms with Gasteiger partial charge < -0.3 is 19.7 Å². The van der Waals surface area contributed by atoms with Crippen molar-refractivity contribution in [2.24, 2.45) is 7.05 Å². The van der Waals surface area contributed by atoms with Crippen molar-refractivity contribution in [2.75, 3.05) is 19.0 Å². The van der Waals surface area contributed by atoms with E-state index in [4.69, 9.17) is 9.47 Å². The quantitative estimate of drug-likeness (QED) is 0.677. The summed E-state index contributed by atoms with van der Waals surface area (Å²) >= 11 is 0. The van der Waals surface area contributed by atoms with E-state index >= 15 is 0 Å². The molecule has 1 aromatic heterocycles. The average Bonchev–Trinajstić information content (AvgIpc) is 3.09. The first kappa shape index (κ1) is 20.0. The fraction of sp³-hybridized carbons (Fsp3) is 0.304. The van der Waals surface area contributed by atoms with E-state index in [0.29, 0.717) is 37.7 Å². The van der Waals surface area contributed by atoms with Gasteiger partial charge >= 0.3 is 6.03 Å². The summed E-state index contributed by atoms with van der Waals surface area (Å²) in [5.41, 5.74) is 4.98. The van der Waals surface area contributed by atoms with Crippen LogP contribution < -0.4 is 10.1 Å². The van der Waals surface area contributed by atoms with E-state index in [9.17, 15) is 4.79 Å². The molecule has 2 heterocycles. The van der Waals surface area contributed by atoms with E-state index in [0.717, 1.165) is 23.2 Å². The molecule has 0 bridgehead atoms. The van der Waals surface area contributed by atoms with Gasteiger partial charge in [0.2, 0.25) is 0 Å². The number of carbonyl (C=O) groups excluding carboxylic acids is 1. The first-order chi connectivity index (χ1) is 14.6. The molecule has 4 rings (SSSR count). The van der Waals surface area contributed by atoms with Crippen molar-refractivity contribution in [2.45, 2.75) is 26.2 Å². The van der Waals surface area contributed by atoms with E-state index < -0.39 is 0 Å². The number of ether oxygens (including phenoxy) is 2. The van der Waals surface area contributed by atoms with Gasteiger partial charge in [0.05, 0.1) is 32.6 Å². The number of methoxy groups -OCH3 is 1. The van der Waals surface area contributed by atoms with Crippen molar-refractivity contribution in [3.8, 4) is 5.75 Å². The Bertz CT molecular complexity index is 1020. The van der Waals surface area contributed by atoms with Crippen molar-refractivity contribution in [3.05, 3.63) is 77.1 Å². The molecule has 0 saturated carbocycles. The van der Waals surface area contributed by atoms with Crippen LogP contribution in [0.15, 0.2) is 54.6 Å².